The van der Waals surface area contributed by atoms with E-state index in [9.17, 15) is 24.3 Å². The number of hydrogen-bond donors (Lipinski definition) is 7. The monoisotopic (exact) mass is 475 g/mol. The summed E-state index contributed by atoms with van der Waals surface area (Å²) < 4.78 is 0. The van der Waals surface area contributed by atoms with Crippen LogP contribution < -0.4 is 32.7 Å². The number of rotatable bonds is 13. The second kappa shape index (κ2) is 13.8. The Hall–Kier alpha value is -3.67. The van der Waals surface area contributed by atoms with Crippen LogP contribution in [-0.4, -0.2) is 72.5 Å². The summed E-state index contributed by atoms with van der Waals surface area (Å²) in [6.07, 6.45) is 2.18. The van der Waals surface area contributed by atoms with Crippen LogP contribution in [0, 0.1) is 0 Å². The van der Waals surface area contributed by atoms with Gasteiger partial charge in [0.2, 0.25) is 17.7 Å². The fraction of sp³-hybridized carbons (Fsp3) is 0.500. The highest BCUT2D eigenvalue weighted by Crippen LogP contribution is 2.06. The average molecular weight is 476 g/mol. The van der Waals surface area contributed by atoms with Crippen molar-refractivity contribution in [3.8, 4) is 0 Å². The first-order valence-corrected chi connectivity index (χ1v) is 11.2. The van der Waals surface area contributed by atoms with E-state index in [1.165, 1.54) is 0 Å². The van der Waals surface area contributed by atoms with Crippen LogP contribution in [0.5, 0.6) is 0 Å². The van der Waals surface area contributed by atoms with Gasteiger partial charge in [-0.25, -0.2) is 4.79 Å². The Bertz CT molecular complexity index is 868. The summed E-state index contributed by atoms with van der Waals surface area (Å²) in [7, 11) is 0. The lowest BCUT2D eigenvalue weighted by atomic mass is 10.0. The molecule has 2 rings (SSSR count). The Kier molecular flexibility index (Phi) is 10.8. The Labute approximate surface area is 197 Å². The molecule has 3 atom stereocenters. The Morgan fingerprint density at radius 3 is 2.47 bits per heavy atom. The Morgan fingerprint density at radius 2 is 1.85 bits per heavy atom. The number of carbonyl (C=O) groups excluding carboxylic acids is 3. The molecule has 0 spiro atoms. The van der Waals surface area contributed by atoms with E-state index in [0.717, 1.165) is 18.5 Å². The van der Waals surface area contributed by atoms with Crippen molar-refractivity contribution in [2.24, 2.45) is 16.5 Å². The summed E-state index contributed by atoms with van der Waals surface area (Å²) in [4.78, 5) is 53.0. The number of nitrogens with one attached hydrogen (secondary N) is 4. The van der Waals surface area contributed by atoms with E-state index >= 15 is 0 Å². The summed E-state index contributed by atoms with van der Waals surface area (Å²) in [5, 5.41) is 20.2. The number of hydrogen-bond acceptors (Lipinski definition) is 6. The lowest BCUT2D eigenvalue weighted by molar-refractivity contribution is -0.142. The largest absolute Gasteiger partial charge is 0.480 e. The Balaban J connectivity index is 1.99. The zero-order valence-corrected chi connectivity index (χ0v) is 19.0. The molecular weight excluding hydrogens is 442 g/mol. The first kappa shape index (κ1) is 26.6. The molecule has 1 aromatic carbocycles. The molecule has 3 unspecified atom stereocenters. The van der Waals surface area contributed by atoms with Crippen molar-refractivity contribution in [1.29, 1.82) is 0 Å². The molecule has 12 heteroatoms. The zero-order chi connectivity index (χ0) is 24.9. The van der Waals surface area contributed by atoms with Gasteiger partial charge < -0.3 is 37.8 Å². The minimum atomic E-state index is -1.21. The van der Waals surface area contributed by atoms with E-state index in [-0.39, 0.29) is 43.8 Å². The summed E-state index contributed by atoms with van der Waals surface area (Å²) in [6, 6.07) is 6.47. The molecule has 1 aliphatic rings. The van der Waals surface area contributed by atoms with E-state index in [2.05, 4.69) is 26.3 Å². The van der Waals surface area contributed by atoms with Gasteiger partial charge in [0.25, 0.3) is 0 Å². The van der Waals surface area contributed by atoms with E-state index in [1.54, 1.807) is 24.3 Å². The number of aliphatic carboxylic acids is 1. The highest BCUT2D eigenvalue weighted by Gasteiger charge is 2.27. The van der Waals surface area contributed by atoms with Crippen molar-refractivity contribution in [2.45, 2.75) is 50.2 Å². The van der Waals surface area contributed by atoms with Gasteiger partial charge in [-0.3, -0.25) is 19.4 Å². The smallest absolute Gasteiger partial charge is 0.326 e. The molecule has 1 aromatic rings. The number of nitrogens with zero attached hydrogens (tertiary/aromatic N) is 1. The number of amides is 3. The quantitative estimate of drug-likeness (QED) is 0.0984. The molecule has 0 bridgehead atoms. The maximum Gasteiger partial charge on any atom is 0.326 e. The summed E-state index contributed by atoms with van der Waals surface area (Å²) in [5.41, 5.74) is 11.3. The van der Waals surface area contributed by atoms with Gasteiger partial charge in [0.05, 0.1) is 12.6 Å². The fourth-order valence-electron chi connectivity index (χ4n) is 3.54. The minimum Gasteiger partial charge on any atom is -0.480 e. The van der Waals surface area contributed by atoms with Gasteiger partial charge in [-0.15, -0.1) is 0 Å². The van der Waals surface area contributed by atoms with Crippen LogP contribution in [-0.2, 0) is 25.6 Å². The lowest BCUT2D eigenvalue weighted by Crippen LogP contribution is -2.54. The molecule has 186 valence electrons. The molecule has 1 aliphatic heterocycles. The SMILES string of the molecule is NC(N)=NCCCC(NC(=O)C(Cc1ccccc1)NC(=O)CNC(=O)C1CCCN1)C(=O)O. The summed E-state index contributed by atoms with van der Waals surface area (Å²) in [6.45, 7) is 0.679. The third kappa shape index (κ3) is 9.45. The fourth-order valence-corrected chi connectivity index (χ4v) is 3.54. The number of benzene rings is 1. The lowest BCUT2D eigenvalue weighted by Gasteiger charge is -2.22. The highest BCUT2D eigenvalue weighted by atomic mass is 16.4. The van der Waals surface area contributed by atoms with Crippen molar-refractivity contribution in [2.75, 3.05) is 19.6 Å². The van der Waals surface area contributed by atoms with Gasteiger partial charge in [0, 0.05) is 13.0 Å². The number of carboxylic acid groups (broad SMARTS) is 1. The van der Waals surface area contributed by atoms with Crippen LogP contribution in [0.4, 0.5) is 0 Å². The predicted octanol–water partition coefficient (Wildman–Crippen LogP) is -1.79. The van der Waals surface area contributed by atoms with Crippen LogP contribution in [0.25, 0.3) is 0 Å². The molecule has 1 saturated heterocycles. The van der Waals surface area contributed by atoms with Gasteiger partial charge in [0.15, 0.2) is 5.96 Å². The van der Waals surface area contributed by atoms with E-state index in [4.69, 9.17) is 11.5 Å². The average Bonchev–Trinajstić information content (AvgIpc) is 3.34. The Morgan fingerprint density at radius 1 is 1.12 bits per heavy atom. The van der Waals surface area contributed by atoms with Gasteiger partial charge in [-0.1, -0.05) is 30.3 Å². The standard InChI is InChI=1S/C22H33N7O5/c23-22(24)26-11-5-9-16(21(33)34)29-20(32)17(12-14-6-2-1-3-7-14)28-18(30)13-27-19(31)15-8-4-10-25-15/h1-3,6-7,15-17,25H,4-5,8-13H2,(H,27,31)(H,28,30)(H,29,32)(H,33,34)(H4,23,24,26). The number of guanidine groups is 1. The van der Waals surface area contributed by atoms with Gasteiger partial charge in [-0.2, -0.15) is 0 Å². The predicted molar refractivity (Wildman–Crippen MR) is 126 cm³/mol. The molecule has 9 N–H and O–H groups in total. The van der Waals surface area contributed by atoms with Crippen molar-refractivity contribution < 1.29 is 24.3 Å². The summed E-state index contributed by atoms with van der Waals surface area (Å²) >= 11 is 0. The summed E-state index contributed by atoms with van der Waals surface area (Å²) in [5.74, 6) is -2.78. The van der Waals surface area contributed by atoms with E-state index < -0.39 is 29.9 Å². The van der Waals surface area contributed by atoms with Crippen LogP contribution in [0.1, 0.15) is 31.2 Å². The van der Waals surface area contributed by atoms with Crippen LogP contribution >= 0.6 is 0 Å². The molecule has 0 aliphatic carbocycles. The second-order valence-electron chi connectivity index (χ2n) is 8.02. The first-order chi connectivity index (χ1) is 16.3. The molecule has 0 radical (unpaired) electrons. The molecule has 0 aromatic heterocycles. The van der Waals surface area contributed by atoms with Crippen molar-refractivity contribution >= 4 is 29.7 Å². The van der Waals surface area contributed by atoms with Crippen molar-refractivity contribution in [3.63, 3.8) is 0 Å². The number of nitrogens with two attached hydrogens (primary N) is 2. The van der Waals surface area contributed by atoms with Gasteiger partial charge >= 0.3 is 5.97 Å². The number of carboxylic acids is 1. The van der Waals surface area contributed by atoms with Gasteiger partial charge in [0.1, 0.15) is 12.1 Å². The molecule has 34 heavy (non-hydrogen) atoms. The molecule has 1 heterocycles. The van der Waals surface area contributed by atoms with E-state index in [0.29, 0.717) is 12.8 Å². The normalized spacial score (nSPS) is 16.6. The maximum absolute atomic E-state index is 12.9. The van der Waals surface area contributed by atoms with Crippen LogP contribution in [0.15, 0.2) is 35.3 Å². The van der Waals surface area contributed by atoms with Crippen LogP contribution in [0.3, 0.4) is 0 Å². The third-order valence-corrected chi connectivity index (χ3v) is 5.29. The van der Waals surface area contributed by atoms with Gasteiger partial charge in [-0.05, 0) is 37.8 Å². The van der Waals surface area contributed by atoms with Crippen molar-refractivity contribution in [3.05, 3.63) is 35.9 Å². The highest BCUT2D eigenvalue weighted by molar-refractivity contribution is 5.92. The third-order valence-electron chi connectivity index (χ3n) is 5.29. The maximum atomic E-state index is 12.9. The second-order valence-corrected chi connectivity index (χ2v) is 8.02. The topological polar surface area (TPSA) is 201 Å². The molecule has 0 saturated carbocycles. The minimum absolute atomic E-state index is 0.0997. The van der Waals surface area contributed by atoms with Crippen molar-refractivity contribution in [1.82, 2.24) is 21.3 Å². The molecule has 12 nitrogen and oxygen atoms in total. The zero-order valence-electron chi connectivity index (χ0n) is 19.0. The van der Waals surface area contributed by atoms with Crippen LogP contribution in [0.2, 0.25) is 0 Å². The van der Waals surface area contributed by atoms with E-state index in [1.807, 2.05) is 6.07 Å². The number of aliphatic imine (C=N–C) groups is 1. The molecule has 3 amide bonds. The molecular formula is C22H33N7O5. The first-order valence-electron chi connectivity index (χ1n) is 11.2. The number of carbonyl (C=O) groups is 4. The molecule has 1 fully saturated rings.